The second-order valence-corrected chi connectivity index (χ2v) is 4.03. The Bertz CT molecular complexity index is 437. The highest BCUT2D eigenvalue weighted by Gasteiger charge is 2.32. The number of hydrogen-bond donors (Lipinski definition) is 0. The van der Waals surface area contributed by atoms with Crippen LogP contribution in [0.4, 0.5) is 0 Å². The number of carbonyl (C=O) groups is 1. The lowest BCUT2D eigenvalue weighted by Gasteiger charge is -2.31. The summed E-state index contributed by atoms with van der Waals surface area (Å²) in [7, 11) is 1.62. The molecule has 0 fully saturated rings. The number of ketones is 1. The van der Waals surface area contributed by atoms with Gasteiger partial charge in [-0.15, -0.1) is 0 Å². The van der Waals surface area contributed by atoms with Crippen molar-refractivity contribution in [3.05, 3.63) is 42.2 Å². The Morgan fingerprint density at radius 3 is 2.94 bits per heavy atom. The maximum atomic E-state index is 11.4. The van der Waals surface area contributed by atoms with E-state index in [0.29, 0.717) is 6.42 Å². The Labute approximate surface area is 94.7 Å². The molecule has 1 aliphatic rings. The lowest BCUT2D eigenvalue weighted by atomic mass is 9.89. The molecule has 0 N–H and O–H groups in total. The van der Waals surface area contributed by atoms with E-state index < -0.39 is 5.60 Å². The van der Waals surface area contributed by atoms with Crippen LogP contribution < -0.4 is 4.74 Å². The SMILES string of the molecule is COc1cccc(C2(C)CC(=O)C=CO2)c1. The summed E-state index contributed by atoms with van der Waals surface area (Å²) < 4.78 is 10.7. The molecule has 84 valence electrons. The molecule has 1 heterocycles. The molecule has 2 rings (SSSR count). The summed E-state index contributed by atoms with van der Waals surface area (Å²) in [6.45, 7) is 1.91. The van der Waals surface area contributed by atoms with Gasteiger partial charge in [-0.1, -0.05) is 12.1 Å². The molecule has 0 saturated carbocycles. The number of methoxy groups -OCH3 is 1. The minimum Gasteiger partial charge on any atom is -0.497 e. The maximum absolute atomic E-state index is 11.4. The molecule has 1 aromatic carbocycles. The van der Waals surface area contributed by atoms with Crippen molar-refractivity contribution in [3.63, 3.8) is 0 Å². The summed E-state index contributed by atoms with van der Waals surface area (Å²) >= 11 is 0. The normalized spacial score (nSPS) is 24.0. The largest absolute Gasteiger partial charge is 0.497 e. The van der Waals surface area contributed by atoms with Gasteiger partial charge in [0.15, 0.2) is 5.78 Å². The predicted octanol–water partition coefficient (Wildman–Crippen LogP) is 2.41. The molecular weight excluding hydrogens is 204 g/mol. The molecule has 0 saturated heterocycles. The van der Waals surface area contributed by atoms with Gasteiger partial charge in [0.1, 0.15) is 11.4 Å². The predicted molar refractivity (Wildman–Crippen MR) is 60.2 cm³/mol. The first-order valence-electron chi connectivity index (χ1n) is 5.16. The van der Waals surface area contributed by atoms with Crippen LogP contribution in [0.25, 0.3) is 0 Å². The van der Waals surface area contributed by atoms with Crippen molar-refractivity contribution >= 4 is 5.78 Å². The lowest BCUT2D eigenvalue weighted by molar-refractivity contribution is -0.122. The molecule has 1 atom stereocenters. The van der Waals surface area contributed by atoms with Gasteiger partial charge in [0.05, 0.1) is 19.8 Å². The number of carbonyl (C=O) groups excluding carboxylic acids is 1. The van der Waals surface area contributed by atoms with Crippen molar-refractivity contribution < 1.29 is 14.3 Å². The summed E-state index contributed by atoms with van der Waals surface area (Å²) in [4.78, 5) is 11.4. The molecule has 1 aliphatic heterocycles. The number of hydrogen-bond acceptors (Lipinski definition) is 3. The highest BCUT2D eigenvalue weighted by molar-refractivity contribution is 5.91. The number of ether oxygens (including phenoxy) is 2. The second-order valence-electron chi connectivity index (χ2n) is 4.03. The fourth-order valence-corrected chi connectivity index (χ4v) is 1.82. The van der Waals surface area contributed by atoms with Crippen molar-refractivity contribution in [2.24, 2.45) is 0 Å². The zero-order valence-electron chi connectivity index (χ0n) is 9.40. The minimum absolute atomic E-state index is 0.0802. The number of allylic oxidation sites excluding steroid dienone is 1. The van der Waals surface area contributed by atoms with E-state index in [0.717, 1.165) is 11.3 Å². The van der Waals surface area contributed by atoms with Crippen LogP contribution in [0.1, 0.15) is 18.9 Å². The summed E-state index contributed by atoms with van der Waals surface area (Å²) in [6.07, 6.45) is 3.28. The zero-order valence-corrected chi connectivity index (χ0v) is 9.40. The molecule has 0 aliphatic carbocycles. The highest BCUT2D eigenvalue weighted by Crippen LogP contribution is 2.33. The Balaban J connectivity index is 2.35. The van der Waals surface area contributed by atoms with Gasteiger partial charge in [-0.05, 0) is 24.6 Å². The average Bonchev–Trinajstić information content (AvgIpc) is 2.29. The van der Waals surface area contributed by atoms with E-state index in [2.05, 4.69) is 0 Å². The summed E-state index contributed by atoms with van der Waals surface area (Å²) in [6, 6.07) is 7.60. The fraction of sp³-hybridized carbons (Fsp3) is 0.308. The van der Waals surface area contributed by atoms with E-state index in [9.17, 15) is 4.79 Å². The molecule has 0 spiro atoms. The standard InChI is InChI=1S/C13H14O3/c1-13(9-11(14)6-7-16-13)10-4-3-5-12(8-10)15-2/h3-8H,9H2,1-2H3. The van der Waals surface area contributed by atoms with Gasteiger partial charge < -0.3 is 9.47 Å². The quantitative estimate of drug-likeness (QED) is 0.764. The third-order valence-electron chi connectivity index (χ3n) is 2.77. The molecule has 16 heavy (non-hydrogen) atoms. The second kappa shape index (κ2) is 4.00. The molecule has 0 amide bonds. The van der Waals surface area contributed by atoms with Gasteiger partial charge >= 0.3 is 0 Å². The first kappa shape index (κ1) is 10.7. The smallest absolute Gasteiger partial charge is 0.163 e. The molecule has 0 aromatic heterocycles. The first-order valence-corrected chi connectivity index (χ1v) is 5.16. The molecule has 0 bridgehead atoms. The Morgan fingerprint density at radius 2 is 2.25 bits per heavy atom. The van der Waals surface area contributed by atoms with Crippen LogP contribution in [-0.2, 0) is 15.1 Å². The first-order chi connectivity index (χ1) is 7.64. The van der Waals surface area contributed by atoms with Gasteiger partial charge in [-0.2, -0.15) is 0 Å². The van der Waals surface area contributed by atoms with Crippen LogP contribution in [0, 0.1) is 0 Å². The summed E-state index contributed by atoms with van der Waals surface area (Å²) in [5, 5.41) is 0. The van der Waals surface area contributed by atoms with Crippen molar-refractivity contribution in [2.45, 2.75) is 18.9 Å². The van der Waals surface area contributed by atoms with Crippen LogP contribution in [-0.4, -0.2) is 12.9 Å². The summed E-state index contributed by atoms with van der Waals surface area (Å²) in [5.74, 6) is 0.848. The zero-order chi connectivity index (χ0) is 11.6. The Kier molecular flexibility index (Phi) is 2.69. The van der Waals surface area contributed by atoms with E-state index in [-0.39, 0.29) is 5.78 Å². The molecular formula is C13H14O3. The molecule has 0 radical (unpaired) electrons. The summed E-state index contributed by atoms with van der Waals surface area (Å²) in [5.41, 5.74) is 0.366. The van der Waals surface area contributed by atoms with Gasteiger partial charge in [0, 0.05) is 6.08 Å². The average molecular weight is 218 g/mol. The number of benzene rings is 1. The van der Waals surface area contributed by atoms with Crippen molar-refractivity contribution in [1.82, 2.24) is 0 Å². The molecule has 3 heteroatoms. The molecule has 1 unspecified atom stereocenters. The van der Waals surface area contributed by atoms with Gasteiger partial charge in [-0.25, -0.2) is 0 Å². The van der Waals surface area contributed by atoms with Gasteiger partial charge in [-0.3, -0.25) is 4.79 Å². The van der Waals surface area contributed by atoms with Crippen LogP contribution in [0.3, 0.4) is 0 Å². The van der Waals surface area contributed by atoms with E-state index in [4.69, 9.17) is 9.47 Å². The van der Waals surface area contributed by atoms with Crippen molar-refractivity contribution in [1.29, 1.82) is 0 Å². The molecule has 1 aromatic rings. The van der Waals surface area contributed by atoms with Gasteiger partial charge in [0.2, 0.25) is 0 Å². The van der Waals surface area contributed by atoms with E-state index in [1.165, 1.54) is 12.3 Å². The monoisotopic (exact) mass is 218 g/mol. The van der Waals surface area contributed by atoms with Crippen molar-refractivity contribution in [3.8, 4) is 5.75 Å². The number of rotatable bonds is 2. The third-order valence-corrected chi connectivity index (χ3v) is 2.77. The fourth-order valence-electron chi connectivity index (χ4n) is 1.82. The van der Waals surface area contributed by atoms with Crippen LogP contribution in [0.2, 0.25) is 0 Å². The van der Waals surface area contributed by atoms with Crippen molar-refractivity contribution in [2.75, 3.05) is 7.11 Å². The lowest BCUT2D eigenvalue weighted by Crippen LogP contribution is -2.29. The Morgan fingerprint density at radius 1 is 1.44 bits per heavy atom. The van der Waals surface area contributed by atoms with E-state index >= 15 is 0 Å². The highest BCUT2D eigenvalue weighted by atomic mass is 16.5. The topological polar surface area (TPSA) is 35.5 Å². The molecule has 3 nitrogen and oxygen atoms in total. The maximum Gasteiger partial charge on any atom is 0.163 e. The van der Waals surface area contributed by atoms with Crippen LogP contribution >= 0.6 is 0 Å². The van der Waals surface area contributed by atoms with E-state index in [1.807, 2.05) is 31.2 Å². The van der Waals surface area contributed by atoms with Crippen LogP contribution in [0.15, 0.2) is 36.6 Å². The van der Waals surface area contributed by atoms with Crippen LogP contribution in [0.5, 0.6) is 5.75 Å². The van der Waals surface area contributed by atoms with Gasteiger partial charge in [0.25, 0.3) is 0 Å². The van der Waals surface area contributed by atoms with E-state index in [1.54, 1.807) is 7.11 Å². The Hall–Kier alpha value is -1.77. The minimum atomic E-state index is -0.583. The third kappa shape index (κ3) is 1.94.